The van der Waals surface area contributed by atoms with E-state index in [1.54, 1.807) is 19.1 Å². The Morgan fingerprint density at radius 2 is 1.94 bits per heavy atom. The van der Waals surface area contributed by atoms with Crippen LogP contribution in [0.25, 0.3) is 11.5 Å². The van der Waals surface area contributed by atoms with Crippen molar-refractivity contribution in [3.8, 4) is 17.2 Å². The van der Waals surface area contributed by atoms with Gasteiger partial charge in [-0.25, -0.2) is 4.98 Å². The number of carboxylic acids is 1. The Labute approximate surface area is 191 Å². The number of thioether (sulfide) groups is 2. The molecule has 0 amide bonds. The molecule has 3 aromatic rings. The molecule has 0 atom stereocenters. The van der Waals surface area contributed by atoms with E-state index in [0.717, 1.165) is 5.56 Å². The lowest BCUT2D eigenvalue weighted by atomic mass is 10.2. The first-order valence-electron chi connectivity index (χ1n) is 9.53. The van der Waals surface area contributed by atoms with Gasteiger partial charge in [0.1, 0.15) is 11.5 Å². The van der Waals surface area contributed by atoms with Crippen LogP contribution >= 0.6 is 23.5 Å². The topological polar surface area (TPSA) is 72.6 Å². The monoisotopic (exact) mass is 483 g/mol. The van der Waals surface area contributed by atoms with Gasteiger partial charge in [-0.2, -0.15) is 13.2 Å². The number of aliphatic carboxylic acids is 1. The predicted octanol–water partition coefficient (Wildman–Crippen LogP) is 6.20. The fourth-order valence-electron chi connectivity index (χ4n) is 2.83. The van der Waals surface area contributed by atoms with Crippen molar-refractivity contribution in [3.05, 3.63) is 65.5 Å². The molecule has 5 nitrogen and oxygen atoms in total. The average Bonchev–Trinajstić information content (AvgIpc) is 3.08. The molecule has 0 aliphatic heterocycles. The van der Waals surface area contributed by atoms with E-state index < -0.39 is 11.5 Å². The first kappa shape index (κ1) is 24.1. The van der Waals surface area contributed by atoms with E-state index in [9.17, 15) is 18.0 Å². The molecule has 0 radical (unpaired) electrons. The van der Waals surface area contributed by atoms with Gasteiger partial charge in [0, 0.05) is 22.6 Å². The number of oxazole rings is 1. The molecule has 0 bridgehead atoms. The minimum atomic E-state index is -4.33. The lowest BCUT2D eigenvalue weighted by Gasteiger charge is -2.07. The third kappa shape index (κ3) is 7.52. The number of carbonyl (C=O) groups is 1. The number of rotatable bonds is 10. The number of hydrogen-bond donors (Lipinski definition) is 1. The standard InChI is InChI=1S/C22H20F3NO4S2/c1-14-19(9-10-29-17-4-2-3-15(11-17)12-31-13-20(27)28)26-21(30-14)16-5-7-18(8-6-16)32-22(23,24)25/h2-8,11H,9-10,12-13H2,1H3,(H,27,28). The molecule has 0 aliphatic rings. The zero-order valence-corrected chi connectivity index (χ0v) is 18.6. The number of hydrogen-bond acceptors (Lipinski definition) is 6. The quantitative estimate of drug-likeness (QED) is 0.344. The van der Waals surface area contributed by atoms with Gasteiger partial charge in [-0.15, -0.1) is 11.8 Å². The summed E-state index contributed by atoms with van der Waals surface area (Å²) in [4.78, 5) is 15.2. The summed E-state index contributed by atoms with van der Waals surface area (Å²) < 4.78 is 48.9. The van der Waals surface area contributed by atoms with E-state index in [4.69, 9.17) is 14.3 Å². The molecular weight excluding hydrogens is 463 g/mol. The number of benzene rings is 2. The third-order valence-electron chi connectivity index (χ3n) is 4.23. The Kier molecular flexibility index (Phi) is 8.14. The van der Waals surface area contributed by atoms with E-state index in [-0.39, 0.29) is 22.4 Å². The number of carboxylic acid groups (broad SMARTS) is 1. The number of alkyl halides is 3. The SMILES string of the molecule is Cc1oc(-c2ccc(SC(F)(F)F)cc2)nc1CCOc1cccc(CSCC(=O)O)c1. The molecule has 0 spiro atoms. The minimum Gasteiger partial charge on any atom is -0.493 e. The zero-order valence-electron chi connectivity index (χ0n) is 17.0. The summed E-state index contributed by atoms with van der Waals surface area (Å²) >= 11 is 1.15. The predicted molar refractivity (Wildman–Crippen MR) is 118 cm³/mol. The van der Waals surface area contributed by atoms with Crippen LogP contribution in [-0.2, 0) is 17.0 Å². The second-order valence-corrected chi connectivity index (χ2v) is 8.85. The molecule has 0 aliphatic carbocycles. The maximum Gasteiger partial charge on any atom is 0.446 e. The van der Waals surface area contributed by atoms with Gasteiger partial charge >= 0.3 is 11.5 Å². The van der Waals surface area contributed by atoms with Crippen molar-refractivity contribution in [1.82, 2.24) is 4.98 Å². The molecule has 32 heavy (non-hydrogen) atoms. The summed E-state index contributed by atoms with van der Waals surface area (Å²) in [5.41, 5.74) is -2.05. The highest BCUT2D eigenvalue weighted by atomic mass is 32.2. The van der Waals surface area contributed by atoms with Crippen LogP contribution in [0.2, 0.25) is 0 Å². The van der Waals surface area contributed by atoms with Crippen LogP contribution in [0.3, 0.4) is 0 Å². The normalized spacial score (nSPS) is 11.5. The fraction of sp³-hybridized carbons (Fsp3) is 0.273. The molecule has 1 heterocycles. The van der Waals surface area contributed by atoms with Crippen LogP contribution in [0.15, 0.2) is 57.8 Å². The summed E-state index contributed by atoms with van der Waals surface area (Å²) in [7, 11) is 0. The zero-order chi connectivity index (χ0) is 23.1. The average molecular weight is 484 g/mol. The molecule has 1 aromatic heterocycles. The molecule has 0 saturated heterocycles. The lowest BCUT2D eigenvalue weighted by Crippen LogP contribution is -2.03. The maximum absolute atomic E-state index is 12.5. The molecule has 3 rings (SSSR count). The Morgan fingerprint density at radius 1 is 1.19 bits per heavy atom. The maximum atomic E-state index is 12.5. The Hall–Kier alpha value is -2.59. The summed E-state index contributed by atoms with van der Waals surface area (Å²) in [6.45, 7) is 2.14. The molecule has 170 valence electrons. The van der Waals surface area contributed by atoms with E-state index in [2.05, 4.69) is 4.98 Å². The smallest absolute Gasteiger partial charge is 0.446 e. The van der Waals surface area contributed by atoms with Gasteiger partial charge in [-0.05, 0) is 60.6 Å². The second-order valence-electron chi connectivity index (χ2n) is 6.73. The van der Waals surface area contributed by atoms with Gasteiger partial charge in [-0.3, -0.25) is 4.79 Å². The number of ether oxygens (including phenoxy) is 1. The molecular formula is C22H20F3NO4S2. The van der Waals surface area contributed by atoms with E-state index >= 15 is 0 Å². The first-order chi connectivity index (χ1) is 15.2. The molecule has 0 unspecified atom stereocenters. The van der Waals surface area contributed by atoms with Crippen molar-refractivity contribution >= 4 is 29.5 Å². The fourth-order valence-corrected chi connectivity index (χ4v) is 4.06. The number of nitrogens with zero attached hydrogens (tertiary/aromatic N) is 1. The van der Waals surface area contributed by atoms with E-state index in [1.165, 1.54) is 23.9 Å². The van der Waals surface area contributed by atoms with Gasteiger partial charge in [0.05, 0.1) is 18.1 Å². The van der Waals surface area contributed by atoms with Gasteiger partial charge in [-0.1, -0.05) is 12.1 Å². The summed E-state index contributed by atoms with van der Waals surface area (Å²) in [5.74, 6) is 1.42. The van der Waals surface area contributed by atoms with Gasteiger partial charge in [0.15, 0.2) is 0 Å². The highest BCUT2D eigenvalue weighted by Gasteiger charge is 2.29. The van der Waals surface area contributed by atoms with E-state index in [1.807, 2.05) is 24.3 Å². The van der Waals surface area contributed by atoms with Gasteiger partial charge in [0.2, 0.25) is 5.89 Å². The van der Waals surface area contributed by atoms with Gasteiger partial charge in [0.25, 0.3) is 0 Å². The molecule has 0 saturated carbocycles. The summed E-state index contributed by atoms with van der Waals surface area (Å²) in [5, 5.41) is 8.72. The lowest BCUT2D eigenvalue weighted by molar-refractivity contribution is -0.133. The van der Waals surface area contributed by atoms with Gasteiger partial charge < -0.3 is 14.3 Å². The van der Waals surface area contributed by atoms with Crippen LogP contribution < -0.4 is 4.74 Å². The van der Waals surface area contributed by atoms with Crippen LogP contribution in [0, 0.1) is 6.92 Å². The van der Waals surface area contributed by atoms with Crippen molar-refractivity contribution < 1.29 is 32.2 Å². The highest BCUT2D eigenvalue weighted by molar-refractivity contribution is 8.00. The number of aryl methyl sites for hydroxylation is 1. The first-order valence-corrected chi connectivity index (χ1v) is 11.5. The molecule has 10 heteroatoms. The molecule has 2 aromatic carbocycles. The van der Waals surface area contributed by atoms with Crippen LogP contribution in [0.4, 0.5) is 13.2 Å². The minimum absolute atomic E-state index is 0.0444. The van der Waals surface area contributed by atoms with Crippen molar-refractivity contribution in [1.29, 1.82) is 0 Å². The molecule has 0 fully saturated rings. The third-order valence-corrected chi connectivity index (χ3v) is 5.96. The van der Waals surface area contributed by atoms with Crippen molar-refractivity contribution in [2.24, 2.45) is 0 Å². The Morgan fingerprint density at radius 3 is 2.62 bits per heavy atom. The summed E-state index contributed by atoms with van der Waals surface area (Å²) in [6, 6.07) is 13.3. The summed E-state index contributed by atoms with van der Waals surface area (Å²) in [6.07, 6.45) is 0.495. The Balaban J connectivity index is 1.55. The molecule has 1 N–H and O–H groups in total. The number of aromatic nitrogens is 1. The van der Waals surface area contributed by atoms with Crippen LogP contribution in [0.1, 0.15) is 17.0 Å². The number of halogens is 3. The second kappa shape index (κ2) is 10.8. The Bertz CT molecular complexity index is 1050. The highest BCUT2D eigenvalue weighted by Crippen LogP contribution is 2.37. The largest absolute Gasteiger partial charge is 0.493 e. The van der Waals surface area contributed by atoms with Crippen LogP contribution in [0.5, 0.6) is 5.75 Å². The van der Waals surface area contributed by atoms with Crippen molar-refractivity contribution in [2.45, 2.75) is 29.5 Å². The van der Waals surface area contributed by atoms with Crippen LogP contribution in [-0.4, -0.2) is 33.9 Å². The van der Waals surface area contributed by atoms with Crippen molar-refractivity contribution in [3.63, 3.8) is 0 Å². The van der Waals surface area contributed by atoms with Crippen molar-refractivity contribution in [2.75, 3.05) is 12.4 Å². The van der Waals surface area contributed by atoms with E-state index in [0.29, 0.717) is 47.4 Å².